The normalized spacial score (nSPS) is 22.7. The van der Waals surface area contributed by atoms with Crippen molar-refractivity contribution in [3.8, 4) is 0 Å². The molecule has 228 valence electrons. The minimum absolute atomic E-state index is 0.0177. The van der Waals surface area contributed by atoms with Crippen molar-refractivity contribution in [3.63, 3.8) is 0 Å². The van der Waals surface area contributed by atoms with Gasteiger partial charge in [0.1, 0.15) is 23.6 Å². The van der Waals surface area contributed by atoms with Gasteiger partial charge in [-0.2, -0.15) is 26.3 Å². The molecule has 3 heterocycles. The number of urea groups is 1. The molecule has 3 amide bonds. The van der Waals surface area contributed by atoms with Crippen LogP contribution in [0.25, 0.3) is 11.0 Å². The summed E-state index contributed by atoms with van der Waals surface area (Å²) in [6.07, 6.45) is -12.1. The number of ether oxygens (including phenoxy) is 1. The molecular formula is C25H27F6N7O4. The zero-order valence-electron chi connectivity index (χ0n) is 24.3. The number of halogens is 6. The number of rotatable bonds is 9. The number of aromatic amines is 1. The van der Waals surface area contributed by atoms with E-state index < -0.39 is 61.1 Å². The van der Waals surface area contributed by atoms with Crippen LogP contribution >= 0.6 is 0 Å². The smallest absolute Gasteiger partial charge is 0.364 e. The molecule has 11 nitrogen and oxygen atoms in total. The number of benzene rings is 1. The van der Waals surface area contributed by atoms with Crippen LogP contribution in [0, 0.1) is 12.8 Å². The van der Waals surface area contributed by atoms with Gasteiger partial charge in [-0.3, -0.25) is 4.79 Å². The average Bonchev–Trinajstić information content (AvgIpc) is 3.42. The summed E-state index contributed by atoms with van der Waals surface area (Å²) < 4.78 is 107. The average molecular weight is 606 g/mol. The Labute approximate surface area is 237 Å². The van der Waals surface area contributed by atoms with Crippen molar-refractivity contribution < 1.29 is 48.0 Å². The number of hydrogen-bond acceptors (Lipinski definition) is 7. The fraction of sp³-hybridized carbons (Fsp3) is 0.560. The summed E-state index contributed by atoms with van der Waals surface area (Å²) in [6.45, 7) is 0.446. The Morgan fingerprint density at radius 2 is 1.93 bits per heavy atom. The number of hydrogen-bond donors (Lipinski definition) is 3. The molecule has 3 N–H and O–H groups in total. The Morgan fingerprint density at radius 3 is 2.50 bits per heavy atom. The second-order valence-corrected chi connectivity index (χ2v) is 10.3. The molecule has 0 unspecified atom stereocenters. The van der Waals surface area contributed by atoms with E-state index in [0.717, 1.165) is 6.92 Å². The summed E-state index contributed by atoms with van der Waals surface area (Å²) in [5.41, 5.74) is 0.765. The topological polar surface area (TPSA) is 138 Å². The van der Waals surface area contributed by atoms with Crippen LogP contribution in [0.15, 0.2) is 22.8 Å². The summed E-state index contributed by atoms with van der Waals surface area (Å²) in [4.78, 5) is 33.5. The quantitative estimate of drug-likeness (QED) is 0.306. The predicted octanol–water partition coefficient (Wildman–Crippen LogP) is 4.49. The zero-order valence-corrected chi connectivity index (χ0v) is 22.3. The van der Waals surface area contributed by atoms with Gasteiger partial charge in [0.2, 0.25) is 0 Å². The highest BCUT2D eigenvalue weighted by Gasteiger charge is 2.51. The molecule has 3 aromatic rings. The summed E-state index contributed by atoms with van der Waals surface area (Å²) in [7, 11) is 0. The zero-order chi connectivity index (χ0) is 32.4. The first kappa shape index (κ1) is 27.0. The molecule has 2 aliphatic rings. The number of fused-ring (bicyclic) bond motifs is 1. The Bertz CT molecular complexity index is 1560. The number of imidazole rings is 1. The lowest BCUT2D eigenvalue weighted by molar-refractivity contribution is -0.227. The van der Waals surface area contributed by atoms with E-state index in [-0.39, 0.29) is 34.2 Å². The molecule has 2 aromatic heterocycles. The van der Waals surface area contributed by atoms with Crippen molar-refractivity contribution in [2.24, 2.45) is 5.92 Å². The molecule has 1 aliphatic heterocycles. The van der Waals surface area contributed by atoms with Gasteiger partial charge in [-0.15, -0.1) is 0 Å². The van der Waals surface area contributed by atoms with Crippen LogP contribution in [0.4, 0.5) is 31.1 Å². The number of carbonyl (C=O) groups is 2. The Balaban J connectivity index is 1.50. The van der Waals surface area contributed by atoms with Gasteiger partial charge in [0.05, 0.1) is 32.4 Å². The lowest BCUT2D eigenvalue weighted by Crippen LogP contribution is -2.41. The molecule has 2 fully saturated rings. The second kappa shape index (κ2) is 10.7. The summed E-state index contributed by atoms with van der Waals surface area (Å²) >= 11 is 0. The first-order chi connectivity index (χ1) is 20.4. The minimum Gasteiger partial charge on any atom is -0.364 e. The molecule has 1 aromatic carbocycles. The molecule has 1 saturated heterocycles. The van der Waals surface area contributed by atoms with Gasteiger partial charge in [0, 0.05) is 0 Å². The van der Waals surface area contributed by atoms with E-state index in [9.17, 15) is 35.9 Å². The van der Waals surface area contributed by atoms with E-state index in [1.807, 2.05) is 0 Å². The van der Waals surface area contributed by atoms with Crippen molar-refractivity contribution in [1.29, 1.82) is 0 Å². The molecule has 17 heteroatoms. The largest absolute Gasteiger partial charge is 0.414 e. The molecule has 1 saturated carbocycles. The van der Waals surface area contributed by atoms with Crippen LogP contribution in [0.5, 0.6) is 0 Å². The lowest BCUT2D eigenvalue weighted by atomic mass is 10.00. The fourth-order valence-electron chi connectivity index (χ4n) is 4.74. The van der Waals surface area contributed by atoms with E-state index in [0.29, 0.717) is 23.3 Å². The van der Waals surface area contributed by atoms with E-state index in [1.54, 1.807) is 5.32 Å². The number of aromatic nitrogens is 4. The summed E-state index contributed by atoms with van der Waals surface area (Å²) in [5, 5.41) is 11.3. The fourth-order valence-corrected chi connectivity index (χ4v) is 4.74. The predicted molar refractivity (Wildman–Crippen MR) is 132 cm³/mol. The number of H-pyrrole nitrogens is 1. The van der Waals surface area contributed by atoms with E-state index >= 15 is 0 Å². The number of amides is 3. The van der Waals surface area contributed by atoms with Crippen LogP contribution in [0.2, 0.25) is 0 Å². The van der Waals surface area contributed by atoms with Crippen molar-refractivity contribution in [2.75, 3.05) is 6.50 Å². The highest BCUT2D eigenvalue weighted by atomic mass is 19.4. The Morgan fingerprint density at radius 1 is 1.21 bits per heavy atom. The summed E-state index contributed by atoms with van der Waals surface area (Å²) in [6, 6.07) is -1.84. The van der Waals surface area contributed by atoms with E-state index in [4.69, 9.17) is 7.48 Å². The molecule has 0 spiro atoms. The maximum absolute atomic E-state index is 13.6. The van der Waals surface area contributed by atoms with Crippen molar-refractivity contribution in [1.82, 2.24) is 35.8 Å². The standard InChI is InChI=1S/C25H27F6N7O4/c1-10-18(37-42-36-10)22(39)35-19(11(2)41-12(3)24(26,27)28)21-32-15-7-6-14(8-16(15)33-21)20(13-4-5-13)38-9-17(25(29,30)31)34-23(38)40/h6-8,11-13,17,19-20H,4-5,9H2,1-3H3,(H,32,33)(H,34,40)(H,35,39)/t11-,12+,17+,19+,20-/m1/s1/i9D2. The van der Waals surface area contributed by atoms with Gasteiger partial charge in [-0.25, -0.2) is 14.4 Å². The van der Waals surface area contributed by atoms with Crippen molar-refractivity contribution >= 4 is 23.0 Å². The monoisotopic (exact) mass is 605 g/mol. The second-order valence-electron chi connectivity index (χ2n) is 10.3. The van der Waals surface area contributed by atoms with E-state index in [2.05, 4.69) is 30.2 Å². The third-order valence-electron chi connectivity index (χ3n) is 7.09. The highest BCUT2D eigenvalue weighted by Crippen LogP contribution is 2.46. The minimum atomic E-state index is -5.04. The Hall–Kier alpha value is -3.89. The van der Waals surface area contributed by atoms with Gasteiger partial charge in [-0.1, -0.05) is 11.2 Å². The molecule has 42 heavy (non-hydrogen) atoms. The molecule has 0 radical (unpaired) electrons. The number of nitrogens with zero attached hydrogens (tertiary/aromatic N) is 4. The third-order valence-corrected chi connectivity index (χ3v) is 7.09. The van der Waals surface area contributed by atoms with Gasteiger partial charge < -0.3 is 25.3 Å². The van der Waals surface area contributed by atoms with Gasteiger partial charge in [0.15, 0.2) is 11.8 Å². The van der Waals surface area contributed by atoms with E-state index in [1.165, 1.54) is 32.0 Å². The first-order valence-electron chi connectivity index (χ1n) is 13.9. The lowest BCUT2D eigenvalue weighted by Gasteiger charge is -2.27. The maximum Gasteiger partial charge on any atom is 0.414 e. The molecule has 0 bridgehead atoms. The van der Waals surface area contributed by atoms with Gasteiger partial charge in [-0.05, 0) is 62.4 Å². The van der Waals surface area contributed by atoms with Crippen LogP contribution in [-0.2, 0) is 4.74 Å². The number of nitrogens with one attached hydrogen (secondary N) is 3. The van der Waals surface area contributed by atoms with Gasteiger partial charge in [0.25, 0.3) is 5.91 Å². The molecular weight excluding hydrogens is 576 g/mol. The van der Waals surface area contributed by atoms with Crippen LogP contribution in [-0.4, -0.2) is 74.2 Å². The number of aryl methyl sites for hydroxylation is 1. The number of alkyl halides is 6. The molecule has 5 rings (SSSR count). The summed E-state index contributed by atoms with van der Waals surface area (Å²) in [5.74, 6) is -1.16. The van der Waals surface area contributed by atoms with Gasteiger partial charge >= 0.3 is 18.4 Å². The first-order valence-corrected chi connectivity index (χ1v) is 12.9. The maximum atomic E-state index is 13.6. The highest BCUT2D eigenvalue weighted by molar-refractivity contribution is 5.93. The number of carbonyl (C=O) groups excluding carboxylic acids is 2. The van der Waals surface area contributed by atoms with Crippen molar-refractivity contribution in [3.05, 3.63) is 41.0 Å². The molecule has 5 atom stereocenters. The third kappa shape index (κ3) is 6.00. The Kier molecular flexibility index (Phi) is 6.90. The molecule has 1 aliphatic carbocycles. The SMILES string of the molecule is [2H]C1([2H])[C@@H](C(F)(F)F)NC(=O)N1[C@@H](c1ccc2nc([C@@H](NC(=O)c3nonc3C)[C@@H](C)O[C@@H](C)C(F)(F)F)[nH]c2c1)C1CC1. The van der Waals surface area contributed by atoms with Crippen LogP contribution in [0.1, 0.15) is 69.1 Å². The van der Waals surface area contributed by atoms with Crippen molar-refractivity contribution in [2.45, 2.75) is 76.3 Å². The van der Waals surface area contributed by atoms with Crippen LogP contribution in [0.3, 0.4) is 0 Å². The van der Waals surface area contributed by atoms with Crippen LogP contribution < -0.4 is 10.6 Å².